The van der Waals surface area contributed by atoms with Crippen LogP contribution in [0.1, 0.15) is 12.0 Å². The van der Waals surface area contributed by atoms with Crippen LogP contribution in [0.25, 0.3) is 0 Å². The number of carbonyl (C=O) groups excluding carboxylic acids is 1. The number of anilines is 1. The Balaban J connectivity index is 1.72. The van der Waals surface area contributed by atoms with E-state index in [4.69, 9.17) is 23.2 Å². The molecule has 0 atom stereocenters. The quantitative estimate of drug-likeness (QED) is 0.786. The minimum Gasteiger partial charge on any atom is -0.325 e. The zero-order valence-electron chi connectivity index (χ0n) is 11.4. The third-order valence-corrected chi connectivity index (χ3v) is 3.45. The van der Waals surface area contributed by atoms with Gasteiger partial charge in [0.1, 0.15) is 0 Å². The van der Waals surface area contributed by atoms with Gasteiger partial charge in [0.2, 0.25) is 5.91 Å². The molecule has 0 heterocycles. The van der Waals surface area contributed by atoms with Crippen molar-refractivity contribution in [3.8, 4) is 0 Å². The van der Waals surface area contributed by atoms with Gasteiger partial charge >= 0.3 is 0 Å². The summed E-state index contributed by atoms with van der Waals surface area (Å²) >= 11 is 11.8. The first-order chi connectivity index (χ1) is 10.1. The Morgan fingerprint density at radius 3 is 2.52 bits per heavy atom. The third kappa shape index (κ3) is 5.38. The smallest absolute Gasteiger partial charge is 0.225 e. The van der Waals surface area contributed by atoms with Gasteiger partial charge in [-0.25, -0.2) is 0 Å². The summed E-state index contributed by atoms with van der Waals surface area (Å²) in [6, 6.07) is 15.0. The van der Waals surface area contributed by atoms with Crippen LogP contribution < -0.4 is 10.6 Å². The lowest BCUT2D eigenvalue weighted by Gasteiger charge is -2.08. The molecule has 0 aliphatic carbocycles. The molecule has 0 fully saturated rings. The molecule has 2 rings (SSSR count). The van der Waals surface area contributed by atoms with Gasteiger partial charge < -0.3 is 10.6 Å². The second kappa shape index (κ2) is 8.03. The van der Waals surface area contributed by atoms with Crippen LogP contribution >= 0.6 is 23.2 Å². The summed E-state index contributed by atoms with van der Waals surface area (Å²) in [6.45, 7) is 1.35. The lowest BCUT2D eigenvalue weighted by molar-refractivity contribution is -0.116. The van der Waals surface area contributed by atoms with E-state index in [0.717, 1.165) is 6.54 Å². The van der Waals surface area contributed by atoms with Crippen molar-refractivity contribution in [2.75, 3.05) is 11.9 Å². The average molecular weight is 323 g/mol. The molecule has 2 aromatic rings. The molecule has 110 valence electrons. The van der Waals surface area contributed by atoms with Gasteiger partial charge in [-0.15, -0.1) is 0 Å². The second-order valence-electron chi connectivity index (χ2n) is 4.58. The number of rotatable bonds is 6. The topological polar surface area (TPSA) is 41.1 Å². The molecule has 21 heavy (non-hydrogen) atoms. The van der Waals surface area contributed by atoms with E-state index < -0.39 is 0 Å². The maximum Gasteiger partial charge on any atom is 0.225 e. The van der Waals surface area contributed by atoms with Gasteiger partial charge in [-0.1, -0.05) is 53.5 Å². The van der Waals surface area contributed by atoms with Crippen molar-refractivity contribution in [3.63, 3.8) is 0 Å². The monoisotopic (exact) mass is 322 g/mol. The van der Waals surface area contributed by atoms with E-state index >= 15 is 0 Å². The Morgan fingerprint density at radius 2 is 1.81 bits per heavy atom. The average Bonchev–Trinajstić information content (AvgIpc) is 2.48. The van der Waals surface area contributed by atoms with Crippen molar-refractivity contribution in [1.82, 2.24) is 5.32 Å². The van der Waals surface area contributed by atoms with Gasteiger partial charge in [0, 0.05) is 24.5 Å². The van der Waals surface area contributed by atoms with Crippen LogP contribution in [0.4, 0.5) is 5.69 Å². The lowest BCUT2D eigenvalue weighted by Crippen LogP contribution is -2.21. The highest BCUT2D eigenvalue weighted by Gasteiger charge is 2.06. The second-order valence-corrected chi connectivity index (χ2v) is 5.43. The zero-order chi connectivity index (χ0) is 15.1. The molecule has 0 unspecified atom stereocenters. The van der Waals surface area contributed by atoms with Gasteiger partial charge in [-0.2, -0.15) is 0 Å². The van der Waals surface area contributed by atoms with Crippen LogP contribution in [-0.4, -0.2) is 12.5 Å². The summed E-state index contributed by atoms with van der Waals surface area (Å²) in [6.07, 6.45) is 0.381. The third-order valence-electron chi connectivity index (χ3n) is 2.91. The Labute approximate surface area is 134 Å². The van der Waals surface area contributed by atoms with Crippen molar-refractivity contribution in [1.29, 1.82) is 0 Å². The molecular weight excluding hydrogens is 307 g/mol. The molecule has 0 aromatic heterocycles. The van der Waals surface area contributed by atoms with Crippen LogP contribution in [0.2, 0.25) is 10.0 Å². The molecule has 0 bridgehead atoms. The fourth-order valence-electron chi connectivity index (χ4n) is 1.83. The first kappa shape index (κ1) is 15.8. The maximum absolute atomic E-state index is 11.8. The minimum atomic E-state index is -0.0835. The molecule has 1 amide bonds. The van der Waals surface area contributed by atoms with E-state index in [-0.39, 0.29) is 5.91 Å². The highest BCUT2D eigenvalue weighted by molar-refractivity contribution is 6.36. The van der Waals surface area contributed by atoms with Gasteiger partial charge in [0.05, 0.1) is 10.7 Å². The molecule has 0 radical (unpaired) electrons. The van der Waals surface area contributed by atoms with Gasteiger partial charge in [0.25, 0.3) is 0 Å². The molecule has 2 N–H and O–H groups in total. The van der Waals surface area contributed by atoms with Crippen molar-refractivity contribution in [2.45, 2.75) is 13.0 Å². The summed E-state index contributed by atoms with van der Waals surface area (Å²) in [5.74, 6) is -0.0835. The number of amides is 1. The van der Waals surface area contributed by atoms with E-state index in [9.17, 15) is 4.79 Å². The van der Waals surface area contributed by atoms with Crippen LogP contribution in [0.5, 0.6) is 0 Å². The van der Waals surface area contributed by atoms with Crippen molar-refractivity contribution >= 4 is 34.8 Å². The molecule has 0 saturated carbocycles. The van der Waals surface area contributed by atoms with Crippen LogP contribution in [0, 0.1) is 0 Å². The van der Waals surface area contributed by atoms with E-state index in [0.29, 0.717) is 28.7 Å². The van der Waals surface area contributed by atoms with E-state index in [1.54, 1.807) is 18.2 Å². The summed E-state index contributed by atoms with van der Waals surface area (Å²) < 4.78 is 0. The highest BCUT2D eigenvalue weighted by atomic mass is 35.5. The molecule has 5 heteroatoms. The first-order valence-electron chi connectivity index (χ1n) is 6.65. The van der Waals surface area contributed by atoms with Crippen molar-refractivity contribution < 1.29 is 4.79 Å². The summed E-state index contributed by atoms with van der Waals surface area (Å²) in [7, 11) is 0. The number of carbonyl (C=O) groups is 1. The number of nitrogens with one attached hydrogen (secondary N) is 2. The van der Waals surface area contributed by atoms with Crippen molar-refractivity contribution in [2.24, 2.45) is 0 Å². The predicted molar refractivity (Wildman–Crippen MR) is 87.9 cm³/mol. The largest absolute Gasteiger partial charge is 0.325 e. The minimum absolute atomic E-state index is 0.0835. The van der Waals surface area contributed by atoms with Crippen molar-refractivity contribution in [3.05, 3.63) is 64.1 Å². The molecule has 3 nitrogen and oxygen atoms in total. The molecule has 2 aromatic carbocycles. The molecule has 0 saturated heterocycles. The predicted octanol–water partition coefficient (Wildman–Crippen LogP) is 4.11. The lowest BCUT2D eigenvalue weighted by atomic mass is 10.2. The highest BCUT2D eigenvalue weighted by Crippen LogP contribution is 2.25. The Hall–Kier alpha value is -1.55. The van der Waals surface area contributed by atoms with Crippen LogP contribution in [0.15, 0.2) is 48.5 Å². The maximum atomic E-state index is 11.8. The number of benzene rings is 2. The van der Waals surface area contributed by atoms with Gasteiger partial charge in [-0.3, -0.25) is 4.79 Å². The fourth-order valence-corrected chi connectivity index (χ4v) is 2.29. The molecule has 0 spiro atoms. The fraction of sp³-hybridized carbons (Fsp3) is 0.188. The number of hydrogen-bond donors (Lipinski definition) is 2. The number of hydrogen-bond acceptors (Lipinski definition) is 2. The standard InChI is InChI=1S/C16H16Cl2N2O/c17-13-6-7-15(14(18)10-13)20-16(21)8-9-19-11-12-4-2-1-3-5-12/h1-7,10,19H,8-9,11H2,(H,20,21). The SMILES string of the molecule is O=C(CCNCc1ccccc1)Nc1ccc(Cl)cc1Cl. The van der Waals surface area contributed by atoms with Crippen LogP contribution in [0.3, 0.4) is 0 Å². The summed E-state index contributed by atoms with van der Waals surface area (Å²) in [4.78, 5) is 11.8. The van der Waals surface area contributed by atoms with Gasteiger partial charge in [0.15, 0.2) is 0 Å². The Bertz CT molecular complexity index is 602. The van der Waals surface area contributed by atoms with Gasteiger partial charge in [-0.05, 0) is 23.8 Å². The van der Waals surface area contributed by atoms with E-state index in [1.165, 1.54) is 5.56 Å². The molecular formula is C16H16Cl2N2O. The molecule has 0 aliphatic heterocycles. The number of halogens is 2. The first-order valence-corrected chi connectivity index (χ1v) is 7.40. The van der Waals surface area contributed by atoms with E-state index in [1.807, 2.05) is 30.3 Å². The summed E-state index contributed by atoms with van der Waals surface area (Å²) in [5, 5.41) is 6.98. The zero-order valence-corrected chi connectivity index (χ0v) is 12.9. The van der Waals surface area contributed by atoms with E-state index in [2.05, 4.69) is 10.6 Å². The van der Waals surface area contributed by atoms with Crippen LogP contribution in [-0.2, 0) is 11.3 Å². The Morgan fingerprint density at radius 1 is 1.05 bits per heavy atom. The molecule has 0 aliphatic rings. The Kier molecular flexibility index (Phi) is 6.05. The summed E-state index contributed by atoms with van der Waals surface area (Å²) in [5.41, 5.74) is 1.77. The normalized spacial score (nSPS) is 10.4.